The number of ether oxygens (including phenoxy) is 1. The molecule has 1 atom stereocenters. The van der Waals surface area contributed by atoms with E-state index >= 15 is 0 Å². The molecular weight excluding hydrogens is 426 g/mol. The van der Waals surface area contributed by atoms with Gasteiger partial charge in [0.15, 0.2) is 0 Å². The highest BCUT2D eigenvalue weighted by molar-refractivity contribution is 6.01. The highest BCUT2D eigenvalue weighted by Gasteiger charge is 2.39. The molecule has 2 N–H and O–H groups in total. The Hall–Kier alpha value is -4.06. The van der Waals surface area contributed by atoms with E-state index in [1.165, 1.54) is 0 Å². The molecule has 1 aliphatic heterocycles. The van der Waals surface area contributed by atoms with Gasteiger partial charge in [0.2, 0.25) is 5.91 Å². The van der Waals surface area contributed by atoms with Gasteiger partial charge in [-0.2, -0.15) is 0 Å². The number of carbonyl (C=O) groups is 2. The van der Waals surface area contributed by atoms with Crippen molar-refractivity contribution in [3.8, 4) is 5.75 Å². The second kappa shape index (κ2) is 9.06. The summed E-state index contributed by atoms with van der Waals surface area (Å²) in [5.74, 6) is 0.656. The van der Waals surface area contributed by atoms with Crippen molar-refractivity contribution >= 4 is 22.7 Å². The minimum Gasteiger partial charge on any atom is -0.497 e. The molecule has 5 rings (SSSR count). The maximum absolute atomic E-state index is 13.4. The van der Waals surface area contributed by atoms with E-state index in [1.807, 2.05) is 78.6 Å². The number of rotatable bonds is 7. The van der Waals surface area contributed by atoms with Gasteiger partial charge < -0.3 is 19.9 Å². The zero-order chi connectivity index (χ0) is 23.7. The van der Waals surface area contributed by atoms with Gasteiger partial charge in [-0.3, -0.25) is 9.59 Å². The number of fused-ring (bicyclic) bond motifs is 2. The molecular formula is C28H27N3O3. The van der Waals surface area contributed by atoms with Crippen LogP contribution in [0.2, 0.25) is 0 Å². The Morgan fingerprint density at radius 3 is 2.56 bits per heavy atom. The second-order valence-electron chi connectivity index (χ2n) is 8.57. The first-order valence-corrected chi connectivity index (χ1v) is 11.4. The minimum absolute atomic E-state index is 0.0340. The lowest BCUT2D eigenvalue weighted by Crippen LogP contribution is -2.34. The molecule has 0 bridgehead atoms. The zero-order valence-corrected chi connectivity index (χ0v) is 19.3. The summed E-state index contributed by atoms with van der Waals surface area (Å²) in [5, 5.41) is 4.06. The predicted molar refractivity (Wildman–Crippen MR) is 132 cm³/mol. The molecule has 6 nitrogen and oxygen atoms in total. The Labute approximate surface area is 198 Å². The number of benzene rings is 3. The number of hydrogen-bond acceptors (Lipinski definition) is 3. The topological polar surface area (TPSA) is 74.4 Å². The van der Waals surface area contributed by atoms with Gasteiger partial charge >= 0.3 is 0 Å². The summed E-state index contributed by atoms with van der Waals surface area (Å²) in [6, 6.07) is 23.3. The number of hydrogen-bond donors (Lipinski definition) is 2. The van der Waals surface area contributed by atoms with Crippen molar-refractivity contribution in [3.63, 3.8) is 0 Å². The van der Waals surface area contributed by atoms with Crippen molar-refractivity contribution in [2.75, 3.05) is 13.7 Å². The molecule has 4 aromatic rings. The van der Waals surface area contributed by atoms with E-state index < -0.39 is 0 Å². The third-order valence-corrected chi connectivity index (χ3v) is 6.50. The van der Waals surface area contributed by atoms with Crippen molar-refractivity contribution < 1.29 is 14.3 Å². The van der Waals surface area contributed by atoms with Crippen LogP contribution in [0.1, 0.15) is 45.2 Å². The second-order valence-corrected chi connectivity index (χ2v) is 8.57. The number of methoxy groups -OCH3 is 1. The fraction of sp³-hybridized carbons (Fsp3) is 0.214. The Balaban J connectivity index is 1.36. The van der Waals surface area contributed by atoms with E-state index in [2.05, 4.69) is 16.4 Å². The number of nitrogens with zero attached hydrogens (tertiary/aromatic N) is 1. The third kappa shape index (κ3) is 3.92. The first-order valence-electron chi connectivity index (χ1n) is 11.4. The molecule has 3 aromatic carbocycles. The lowest BCUT2D eigenvalue weighted by molar-refractivity contribution is -0.121. The molecule has 0 radical (unpaired) electrons. The maximum atomic E-state index is 13.4. The fourth-order valence-corrected chi connectivity index (χ4v) is 4.82. The van der Waals surface area contributed by atoms with Crippen molar-refractivity contribution in [1.82, 2.24) is 15.2 Å². The van der Waals surface area contributed by atoms with Gasteiger partial charge in [0.25, 0.3) is 5.91 Å². The summed E-state index contributed by atoms with van der Waals surface area (Å²) >= 11 is 0. The number of aromatic nitrogens is 1. The normalized spacial score (nSPS) is 14.9. The quantitative estimate of drug-likeness (QED) is 0.425. The fourth-order valence-electron chi connectivity index (χ4n) is 4.82. The van der Waals surface area contributed by atoms with Gasteiger partial charge in [-0.05, 0) is 42.3 Å². The summed E-state index contributed by atoms with van der Waals surface area (Å²) in [5.41, 5.74) is 5.85. The molecule has 2 heterocycles. The number of para-hydroxylation sites is 1. The van der Waals surface area contributed by atoms with Crippen LogP contribution in [0.5, 0.6) is 5.75 Å². The molecule has 0 aliphatic carbocycles. The van der Waals surface area contributed by atoms with Crippen LogP contribution in [-0.2, 0) is 11.3 Å². The van der Waals surface area contributed by atoms with Crippen LogP contribution in [0.3, 0.4) is 0 Å². The van der Waals surface area contributed by atoms with Crippen molar-refractivity contribution in [2.45, 2.75) is 25.9 Å². The van der Waals surface area contributed by atoms with Gasteiger partial charge in [-0.1, -0.05) is 48.5 Å². The van der Waals surface area contributed by atoms with E-state index in [9.17, 15) is 9.59 Å². The SMILES string of the molecule is COc1ccc(CNC(=O)CCN2C(=O)c3ccccc3C2c2c(C)[nH]c3ccccc23)cc1. The highest BCUT2D eigenvalue weighted by atomic mass is 16.5. The van der Waals surface area contributed by atoms with Gasteiger partial charge in [0.1, 0.15) is 5.75 Å². The summed E-state index contributed by atoms with van der Waals surface area (Å²) in [6.45, 7) is 2.81. The summed E-state index contributed by atoms with van der Waals surface area (Å²) < 4.78 is 5.18. The van der Waals surface area contributed by atoms with Crippen LogP contribution in [-0.4, -0.2) is 35.4 Å². The van der Waals surface area contributed by atoms with Crippen LogP contribution in [0.15, 0.2) is 72.8 Å². The molecule has 34 heavy (non-hydrogen) atoms. The monoisotopic (exact) mass is 453 g/mol. The first-order chi connectivity index (χ1) is 16.6. The number of aromatic amines is 1. The molecule has 0 saturated carbocycles. The minimum atomic E-state index is -0.228. The Morgan fingerprint density at radius 2 is 1.76 bits per heavy atom. The molecule has 1 aliphatic rings. The summed E-state index contributed by atoms with van der Waals surface area (Å²) in [4.78, 5) is 31.3. The van der Waals surface area contributed by atoms with Crippen molar-refractivity contribution in [3.05, 3.63) is 101 Å². The number of aryl methyl sites for hydroxylation is 1. The van der Waals surface area contributed by atoms with Gasteiger partial charge in [-0.15, -0.1) is 0 Å². The van der Waals surface area contributed by atoms with Crippen LogP contribution >= 0.6 is 0 Å². The molecule has 2 amide bonds. The van der Waals surface area contributed by atoms with E-state index in [4.69, 9.17) is 4.74 Å². The largest absolute Gasteiger partial charge is 0.497 e. The van der Waals surface area contributed by atoms with Crippen molar-refractivity contribution in [2.24, 2.45) is 0 Å². The number of amides is 2. The Kier molecular flexibility index (Phi) is 5.80. The van der Waals surface area contributed by atoms with E-state index in [0.717, 1.165) is 39.0 Å². The number of H-pyrrole nitrogens is 1. The lowest BCUT2D eigenvalue weighted by Gasteiger charge is -2.26. The first kappa shape index (κ1) is 21.8. The van der Waals surface area contributed by atoms with Crippen LogP contribution < -0.4 is 10.1 Å². The Bertz CT molecular complexity index is 1360. The average molecular weight is 454 g/mol. The summed E-state index contributed by atoms with van der Waals surface area (Å²) in [7, 11) is 1.62. The van der Waals surface area contributed by atoms with E-state index in [-0.39, 0.29) is 24.3 Å². The molecule has 1 aromatic heterocycles. The van der Waals surface area contributed by atoms with E-state index in [0.29, 0.717) is 18.7 Å². The highest BCUT2D eigenvalue weighted by Crippen LogP contribution is 2.42. The number of nitrogens with one attached hydrogen (secondary N) is 2. The molecule has 0 fully saturated rings. The smallest absolute Gasteiger partial charge is 0.255 e. The molecule has 0 spiro atoms. The number of carbonyl (C=O) groups excluding carboxylic acids is 2. The average Bonchev–Trinajstić information content (AvgIpc) is 3.34. The van der Waals surface area contributed by atoms with Crippen LogP contribution in [0, 0.1) is 6.92 Å². The van der Waals surface area contributed by atoms with Gasteiger partial charge in [-0.25, -0.2) is 0 Å². The zero-order valence-electron chi connectivity index (χ0n) is 19.3. The molecule has 172 valence electrons. The lowest BCUT2D eigenvalue weighted by atomic mass is 9.95. The van der Waals surface area contributed by atoms with E-state index in [1.54, 1.807) is 7.11 Å². The molecule has 1 unspecified atom stereocenters. The predicted octanol–water partition coefficient (Wildman–Crippen LogP) is 4.74. The third-order valence-electron chi connectivity index (χ3n) is 6.50. The van der Waals surface area contributed by atoms with Gasteiger partial charge in [0, 0.05) is 47.2 Å². The van der Waals surface area contributed by atoms with Crippen LogP contribution in [0.4, 0.5) is 0 Å². The van der Waals surface area contributed by atoms with Gasteiger partial charge in [0.05, 0.1) is 13.2 Å². The van der Waals surface area contributed by atoms with Crippen LogP contribution in [0.25, 0.3) is 10.9 Å². The Morgan fingerprint density at radius 1 is 1.03 bits per heavy atom. The standard InChI is InChI=1S/C28H27N3O3/c1-18-26(23-9-5-6-10-24(23)30-18)27-21-7-3-4-8-22(21)28(33)31(27)16-15-25(32)29-17-19-11-13-20(34-2)14-12-19/h3-14,27,30H,15-17H2,1-2H3,(H,29,32). The van der Waals surface area contributed by atoms with Crippen molar-refractivity contribution in [1.29, 1.82) is 0 Å². The maximum Gasteiger partial charge on any atom is 0.255 e. The molecule has 0 saturated heterocycles. The molecule has 6 heteroatoms. The summed E-state index contributed by atoms with van der Waals surface area (Å²) in [6.07, 6.45) is 0.230.